The molecule has 0 aliphatic carbocycles. The lowest BCUT2D eigenvalue weighted by atomic mass is 10.2. The van der Waals surface area contributed by atoms with Crippen LogP contribution < -0.4 is 9.62 Å². The second-order valence-corrected chi connectivity index (χ2v) is 7.81. The van der Waals surface area contributed by atoms with Gasteiger partial charge in [0, 0.05) is 43.4 Å². The monoisotopic (exact) mass is 367 g/mol. The molecule has 0 unspecified atom stereocenters. The number of amides is 1. The van der Waals surface area contributed by atoms with Crippen LogP contribution in [0.2, 0.25) is 0 Å². The third-order valence-corrected chi connectivity index (χ3v) is 5.93. The van der Waals surface area contributed by atoms with Gasteiger partial charge in [0.15, 0.2) is 0 Å². The average Bonchev–Trinajstić information content (AvgIpc) is 2.99. The van der Waals surface area contributed by atoms with E-state index in [1.165, 1.54) is 0 Å². The first-order valence-corrected chi connectivity index (χ1v) is 9.61. The van der Waals surface area contributed by atoms with Crippen molar-refractivity contribution in [3.05, 3.63) is 30.1 Å². The minimum absolute atomic E-state index is 0.172. The van der Waals surface area contributed by atoms with E-state index < -0.39 is 10.0 Å². The summed E-state index contributed by atoms with van der Waals surface area (Å²) in [6.07, 6.45) is 0.855. The molecule has 1 amide bonds. The van der Waals surface area contributed by atoms with Crippen LogP contribution in [-0.4, -0.2) is 55.3 Å². The van der Waals surface area contributed by atoms with Crippen LogP contribution in [0.25, 0.3) is 0 Å². The summed E-state index contributed by atoms with van der Waals surface area (Å²) in [6.45, 7) is 4.50. The molecule has 0 atom stereocenters. The van der Waals surface area contributed by atoms with Crippen LogP contribution in [0.5, 0.6) is 0 Å². The normalized spacial score (nSPS) is 15.4. The number of aromatic nitrogens is 2. The van der Waals surface area contributed by atoms with Gasteiger partial charge in [-0.1, -0.05) is 0 Å². The number of anilines is 2. The van der Waals surface area contributed by atoms with E-state index in [-0.39, 0.29) is 10.0 Å². The Labute approximate surface area is 144 Å². The van der Waals surface area contributed by atoms with Crippen LogP contribution in [0.4, 0.5) is 10.8 Å². The maximum absolute atomic E-state index is 12.3. The minimum Gasteiger partial charge on any atom is -0.368 e. The summed E-state index contributed by atoms with van der Waals surface area (Å²) in [7, 11) is -3.68. The first-order valence-electron chi connectivity index (χ1n) is 7.35. The molecule has 0 radical (unpaired) electrons. The average molecular weight is 367 g/mol. The van der Waals surface area contributed by atoms with Crippen molar-refractivity contribution in [3.63, 3.8) is 0 Å². The second kappa shape index (κ2) is 6.73. The summed E-state index contributed by atoms with van der Waals surface area (Å²) in [6, 6.07) is 6.68. The van der Waals surface area contributed by atoms with E-state index in [9.17, 15) is 13.2 Å². The summed E-state index contributed by atoms with van der Waals surface area (Å²) in [5, 5.41) is 0.251. The standard InChI is InChI=1S/C14H17N5O3S2/c1-11-15-14(23-16-11)17-24(21,22)13-4-2-12(3-5-13)19-8-6-18(10-20)7-9-19/h2-5,10H,6-9H2,1H3,(H,15,16,17). The van der Waals surface area contributed by atoms with Gasteiger partial charge in [0.2, 0.25) is 11.5 Å². The molecule has 3 rings (SSSR count). The van der Waals surface area contributed by atoms with Crippen molar-refractivity contribution in [1.29, 1.82) is 0 Å². The Morgan fingerprint density at radius 3 is 2.38 bits per heavy atom. The van der Waals surface area contributed by atoms with Gasteiger partial charge in [-0.2, -0.15) is 4.37 Å². The zero-order valence-corrected chi connectivity index (χ0v) is 14.7. The number of benzene rings is 1. The predicted molar refractivity (Wildman–Crippen MR) is 91.7 cm³/mol. The molecule has 1 fully saturated rings. The molecule has 1 aliphatic heterocycles. The SMILES string of the molecule is Cc1nsc(NS(=O)(=O)c2ccc(N3CCN(C=O)CC3)cc2)n1. The van der Waals surface area contributed by atoms with Crippen molar-refractivity contribution in [2.24, 2.45) is 0 Å². The van der Waals surface area contributed by atoms with Crippen LogP contribution in [0, 0.1) is 6.92 Å². The van der Waals surface area contributed by atoms with Gasteiger partial charge in [-0.3, -0.25) is 9.52 Å². The molecule has 0 spiro atoms. The Bertz CT molecular complexity index is 811. The zero-order valence-electron chi connectivity index (χ0n) is 13.0. The van der Waals surface area contributed by atoms with Crippen molar-refractivity contribution in [2.75, 3.05) is 35.8 Å². The summed E-state index contributed by atoms with van der Waals surface area (Å²) in [4.78, 5) is 18.8. The van der Waals surface area contributed by atoms with Crippen molar-refractivity contribution in [2.45, 2.75) is 11.8 Å². The molecule has 2 heterocycles. The maximum atomic E-state index is 12.3. The molecule has 1 N–H and O–H groups in total. The number of hydrogen-bond donors (Lipinski definition) is 1. The molecular weight excluding hydrogens is 350 g/mol. The Morgan fingerprint density at radius 2 is 1.83 bits per heavy atom. The Balaban J connectivity index is 1.71. The predicted octanol–water partition coefficient (Wildman–Crippen LogP) is 0.926. The third-order valence-electron chi connectivity index (χ3n) is 3.72. The van der Waals surface area contributed by atoms with Gasteiger partial charge in [0.25, 0.3) is 10.0 Å². The summed E-state index contributed by atoms with van der Waals surface area (Å²) in [5.74, 6) is 0.530. The molecule has 8 nitrogen and oxygen atoms in total. The van der Waals surface area contributed by atoms with E-state index >= 15 is 0 Å². The zero-order chi connectivity index (χ0) is 17.2. The number of aryl methyl sites for hydroxylation is 1. The number of carbonyl (C=O) groups excluding carboxylic acids is 1. The van der Waals surface area contributed by atoms with Gasteiger partial charge >= 0.3 is 0 Å². The molecule has 0 bridgehead atoms. The van der Waals surface area contributed by atoms with E-state index in [0.717, 1.165) is 36.7 Å². The molecule has 1 aromatic carbocycles. The fourth-order valence-electron chi connectivity index (χ4n) is 2.43. The lowest BCUT2D eigenvalue weighted by Gasteiger charge is -2.34. The number of piperazine rings is 1. The number of rotatable bonds is 5. The minimum atomic E-state index is -3.68. The molecule has 1 saturated heterocycles. The number of nitrogens with zero attached hydrogens (tertiary/aromatic N) is 4. The molecule has 2 aromatic rings. The highest BCUT2D eigenvalue weighted by Crippen LogP contribution is 2.22. The van der Waals surface area contributed by atoms with Crippen molar-refractivity contribution >= 4 is 38.8 Å². The number of sulfonamides is 1. The number of hydrogen-bond acceptors (Lipinski definition) is 7. The first kappa shape index (κ1) is 16.7. The molecular formula is C14H17N5O3S2. The third kappa shape index (κ3) is 3.65. The van der Waals surface area contributed by atoms with E-state index in [1.807, 2.05) is 0 Å². The van der Waals surface area contributed by atoms with E-state index in [2.05, 4.69) is 19.0 Å². The van der Waals surface area contributed by atoms with Crippen molar-refractivity contribution in [3.8, 4) is 0 Å². The number of carbonyl (C=O) groups is 1. The molecule has 24 heavy (non-hydrogen) atoms. The van der Waals surface area contributed by atoms with E-state index in [1.54, 1.807) is 36.1 Å². The lowest BCUT2D eigenvalue weighted by Crippen LogP contribution is -2.45. The van der Waals surface area contributed by atoms with Gasteiger partial charge in [-0.05, 0) is 31.2 Å². The van der Waals surface area contributed by atoms with E-state index in [4.69, 9.17) is 0 Å². The summed E-state index contributed by atoms with van der Waals surface area (Å²) < 4.78 is 31.1. The molecule has 1 aliphatic rings. The second-order valence-electron chi connectivity index (χ2n) is 5.37. The number of nitrogens with one attached hydrogen (secondary N) is 1. The summed E-state index contributed by atoms with van der Waals surface area (Å²) in [5.41, 5.74) is 0.936. The van der Waals surface area contributed by atoms with Gasteiger partial charge < -0.3 is 9.80 Å². The van der Waals surface area contributed by atoms with Crippen LogP contribution >= 0.6 is 11.5 Å². The Kier molecular flexibility index (Phi) is 4.67. The lowest BCUT2D eigenvalue weighted by molar-refractivity contribution is -0.118. The first-order chi connectivity index (χ1) is 11.5. The topological polar surface area (TPSA) is 95.5 Å². The highest BCUT2D eigenvalue weighted by atomic mass is 32.2. The van der Waals surface area contributed by atoms with Gasteiger partial charge in [0.05, 0.1) is 4.90 Å². The summed E-state index contributed by atoms with van der Waals surface area (Å²) >= 11 is 1.01. The molecule has 10 heteroatoms. The van der Waals surface area contributed by atoms with E-state index in [0.29, 0.717) is 18.9 Å². The fraction of sp³-hybridized carbons (Fsp3) is 0.357. The van der Waals surface area contributed by atoms with Crippen LogP contribution in [0.1, 0.15) is 5.82 Å². The van der Waals surface area contributed by atoms with Gasteiger partial charge in [0.1, 0.15) is 5.82 Å². The van der Waals surface area contributed by atoms with Crippen LogP contribution in [0.3, 0.4) is 0 Å². The fourth-order valence-corrected chi connectivity index (χ4v) is 4.23. The molecule has 128 valence electrons. The van der Waals surface area contributed by atoms with Crippen LogP contribution in [0.15, 0.2) is 29.2 Å². The van der Waals surface area contributed by atoms with Crippen LogP contribution in [-0.2, 0) is 14.8 Å². The molecule has 1 aromatic heterocycles. The largest absolute Gasteiger partial charge is 0.368 e. The highest BCUT2D eigenvalue weighted by molar-refractivity contribution is 7.93. The highest BCUT2D eigenvalue weighted by Gasteiger charge is 2.19. The Morgan fingerprint density at radius 1 is 1.17 bits per heavy atom. The quantitative estimate of drug-likeness (QED) is 0.790. The smallest absolute Gasteiger partial charge is 0.263 e. The maximum Gasteiger partial charge on any atom is 0.263 e. The van der Waals surface area contributed by atoms with Crippen molar-refractivity contribution in [1.82, 2.24) is 14.3 Å². The van der Waals surface area contributed by atoms with Gasteiger partial charge in [-0.25, -0.2) is 13.4 Å². The molecule has 0 saturated carbocycles. The van der Waals surface area contributed by atoms with Gasteiger partial charge in [-0.15, -0.1) is 0 Å². The van der Waals surface area contributed by atoms with Crippen molar-refractivity contribution < 1.29 is 13.2 Å². The Hall–Kier alpha value is -2.20.